The summed E-state index contributed by atoms with van der Waals surface area (Å²) in [6.07, 6.45) is 2.22. The molecular weight excluding hydrogens is 250 g/mol. The third-order valence-electron chi connectivity index (χ3n) is 3.54. The van der Waals surface area contributed by atoms with Crippen molar-refractivity contribution in [2.24, 2.45) is 5.41 Å². The fourth-order valence-electron chi connectivity index (χ4n) is 2.38. The van der Waals surface area contributed by atoms with Crippen molar-refractivity contribution in [2.75, 3.05) is 13.2 Å². The molecule has 2 heterocycles. The van der Waals surface area contributed by atoms with Crippen LogP contribution >= 0.6 is 11.6 Å². The molecule has 1 aromatic rings. The molecule has 0 saturated carbocycles. The van der Waals surface area contributed by atoms with Crippen molar-refractivity contribution in [1.29, 1.82) is 5.26 Å². The summed E-state index contributed by atoms with van der Waals surface area (Å²) in [6, 6.07) is 2.41. The van der Waals surface area contributed by atoms with Crippen LogP contribution in [0.2, 0.25) is 5.02 Å². The van der Waals surface area contributed by atoms with E-state index in [0.29, 0.717) is 19.6 Å². The fourth-order valence-corrected chi connectivity index (χ4v) is 2.72. The van der Waals surface area contributed by atoms with Gasteiger partial charge in [-0.05, 0) is 19.8 Å². The molecular formula is C13H18ClN3O. The molecule has 18 heavy (non-hydrogen) atoms. The highest BCUT2D eigenvalue weighted by molar-refractivity contribution is 6.31. The Bertz CT molecular complexity index is 469. The Balaban J connectivity index is 2.33. The number of hydrogen-bond donors (Lipinski definition) is 0. The minimum absolute atomic E-state index is 0.429. The number of ether oxygens (including phenoxy) is 1. The van der Waals surface area contributed by atoms with Crippen LogP contribution in [0.3, 0.4) is 0 Å². The van der Waals surface area contributed by atoms with Gasteiger partial charge in [-0.15, -0.1) is 0 Å². The summed E-state index contributed by atoms with van der Waals surface area (Å²) in [7, 11) is 0. The summed E-state index contributed by atoms with van der Waals surface area (Å²) in [5.41, 5.74) is 1.46. The van der Waals surface area contributed by atoms with Crippen molar-refractivity contribution in [2.45, 2.75) is 39.7 Å². The quantitative estimate of drug-likeness (QED) is 0.843. The van der Waals surface area contributed by atoms with Gasteiger partial charge >= 0.3 is 0 Å². The Morgan fingerprint density at radius 1 is 1.56 bits per heavy atom. The first kappa shape index (κ1) is 13.4. The van der Waals surface area contributed by atoms with Crippen LogP contribution in [0, 0.1) is 16.7 Å². The van der Waals surface area contributed by atoms with E-state index in [2.05, 4.69) is 11.2 Å². The highest BCUT2D eigenvalue weighted by atomic mass is 35.5. The summed E-state index contributed by atoms with van der Waals surface area (Å²) in [5, 5.41) is 14.6. The second kappa shape index (κ2) is 5.29. The van der Waals surface area contributed by atoms with E-state index in [-0.39, 0.29) is 0 Å². The Kier molecular flexibility index (Phi) is 3.94. The maximum atomic E-state index is 9.39. The third-order valence-corrected chi connectivity index (χ3v) is 3.98. The third kappa shape index (κ3) is 2.25. The molecule has 1 fully saturated rings. The molecule has 5 heteroatoms. The highest BCUT2D eigenvalue weighted by Gasteiger charge is 2.37. The monoisotopic (exact) mass is 267 g/mol. The van der Waals surface area contributed by atoms with Crippen molar-refractivity contribution < 1.29 is 4.74 Å². The summed E-state index contributed by atoms with van der Waals surface area (Å²) >= 11 is 6.37. The SMILES string of the molecule is CCc1nn(CC)c(CC2(C#N)CCOC2)c1Cl. The van der Waals surface area contributed by atoms with E-state index in [4.69, 9.17) is 16.3 Å². The minimum Gasteiger partial charge on any atom is -0.380 e. The second-order valence-electron chi connectivity index (χ2n) is 4.75. The number of hydrogen-bond acceptors (Lipinski definition) is 3. The van der Waals surface area contributed by atoms with E-state index in [9.17, 15) is 5.26 Å². The van der Waals surface area contributed by atoms with Crippen LogP contribution < -0.4 is 0 Å². The van der Waals surface area contributed by atoms with Gasteiger partial charge in [0, 0.05) is 19.6 Å². The van der Waals surface area contributed by atoms with Crippen molar-refractivity contribution in [3.63, 3.8) is 0 Å². The molecule has 1 aromatic heterocycles. The summed E-state index contributed by atoms with van der Waals surface area (Å²) < 4.78 is 7.29. The van der Waals surface area contributed by atoms with Crippen LogP contribution in [0.4, 0.5) is 0 Å². The Morgan fingerprint density at radius 3 is 2.83 bits per heavy atom. The van der Waals surface area contributed by atoms with Crippen LogP contribution in [-0.4, -0.2) is 23.0 Å². The Morgan fingerprint density at radius 2 is 2.33 bits per heavy atom. The minimum atomic E-state index is -0.429. The largest absolute Gasteiger partial charge is 0.380 e. The summed E-state index contributed by atoms with van der Waals surface area (Å²) in [5.74, 6) is 0. The number of nitrogens with zero attached hydrogens (tertiary/aromatic N) is 3. The van der Waals surface area contributed by atoms with E-state index in [0.717, 1.165) is 35.8 Å². The molecule has 0 spiro atoms. The number of aryl methyl sites for hydroxylation is 2. The lowest BCUT2D eigenvalue weighted by Gasteiger charge is -2.18. The zero-order valence-corrected chi connectivity index (χ0v) is 11.6. The second-order valence-corrected chi connectivity index (χ2v) is 5.13. The smallest absolute Gasteiger partial charge is 0.0884 e. The standard InChI is InChI=1S/C13H18ClN3O/c1-3-10-12(14)11(17(4-2)16-10)7-13(8-15)5-6-18-9-13/h3-7,9H2,1-2H3. The van der Waals surface area contributed by atoms with Gasteiger partial charge in [-0.25, -0.2) is 0 Å². The van der Waals surface area contributed by atoms with Gasteiger partial charge in [-0.1, -0.05) is 18.5 Å². The van der Waals surface area contributed by atoms with Gasteiger partial charge < -0.3 is 4.74 Å². The van der Waals surface area contributed by atoms with E-state index in [1.807, 2.05) is 18.5 Å². The van der Waals surface area contributed by atoms with Gasteiger partial charge in [0.2, 0.25) is 0 Å². The van der Waals surface area contributed by atoms with E-state index >= 15 is 0 Å². The number of rotatable bonds is 4. The lowest BCUT2D eigenvalue weighted by molar-refractivity contribution is 0.171. The first-order valence-electron chi connectivity index (χ1n) is 6.39. The van der Waals surface area contributed by atoms with Crippen LogP contribution in [0.1, 0.15) is 31.7 Å². The van der Waals surface area contributed by atoms with Gasteiger partial charge in [0.25, 0.3) is 0 Å². The van der Waals surface area contributed by atoms with E-state index in [1.165, 1.54) is 0 Å². The zero-order valence-electron chi connectivity index (χ0n) is 10.9. The Labute approximate surface area is 112 Å². The van der Waals surface area contributed by atoms with Crippen LogP contribution in [0.15, 0.2) is 0 Å². The van der Waals surface area contributed by atoms with Crippen LogP contribution in [-0.2, 0) is 24.1 Å². The maximum absolute atomic E-state index is 9.39. The zero-order chi connectivity index (χ0) is 13.2. The van der Waals surface area contributed by atoms with Gasteiger partial charge in [0.05, 0.1) is 34.5 Å². The first-order valence-corrected chi connectivity index (χ1v) is 6.76. The predicted octanol–water partition coefficient (Wildman–Crippen LogP) is 2.59. The molecule has 0 radical (unpaired) electrons. The molecule has 0 aromatic carbocycles. The van der Waals surface area contributed by atoms with Gasteiger partial charge in [0.15, 0.2) is 0 Å². The van der Waals surface area contributed by atoms with Crippen molar-refractivity contribution in [3.8, 4) is 6.07 Å². The lowest BCUT2D eigenvalue weighted by Crippen LogP contribution is -2.23. The number of nitriles is 1. The van der Waals surface area contributed by atoms with E-state index in [1.54, 1.807) is 0 Å². The van der Waals surface area contributed by atoms with Gasteiger partial charge in [-0.2, -0.15) is 10.4 Å². The molecule has 1 aliphatic heterocycles. The Hall–Kier alpha value is -1.05. The van der Waals surface area contributed by atoms with Crippen molar-refractivity contribution in [1.82, 2.24) is 9.78 Å². The average molecular weight is 268 g/mol. The van der Waals surface area contributed by atoms with Crippen molar-refractivity contribution in [3.05, 3.63) is 16.4 Å². The van der Waals surface area contributed by atoms with Crippen LogP contribution in [0.5, 0.6) is 0 Å². The molecule has 0 bridgehead atoms. The van der Waals surface area contributed by atoms with E-state index < -0.39 is 5.41 Å². The molecule has 2 rings (SSSR count). The molecule has 1 atom stereocenters. The molecule has 0 amide bonds. The molecule has 98 valence electrons. The fraction of sp³-hybridized carbons (Fsp3) is 0.692. The molecule has 1 unspecified atom stereocenters. The number of aromatic nitrogens is 2. The maximum Gasteiger partial charge on any atom is 0.0884 e. The van der Waals surface area contributed by atoms with Crippen LogP contribution in [0.25, 0.3) is 0 Å². The van der Waals surface area contributed by atoms with Gasteiger partial charge in [0.1, 0.15) is 0 Å². The molecule has 4 nitrogen and oxygen atoms in total. The molecule has 1 aliphatic rings. The molecule has 0 N–H and O–H groups in total. The lowest BCUT2D eigenvalue weighted by atomic mass is 9.84. The molecule has 1 saturated heterocycles. The normalized spacial score (nSPS) is 23.2. The summed E-state index contributed by atoms with van der Waals surface area (Å²) in [4.78, 5) is 0. The topological polar surface area (TPSA) is 50.8 Å². The van der Waals surface area contributed by atoms with Crippen molar-refractivity contribution >= 4 is 11.6 Å². The summed E-state index contributed by atoms with van der Waals surface area (Å²) in [6.45, 7) is 6.01. The average Bonchev–Trinajstić information content (AvgIpc) is 2.97. The first-order chi connectivity index (χ1) is 8.65. The van der Waals surface area contributed by atoms with Gasteiger partial charge in [-0.3, -0.25) is 4.68 Å². The molecule has 0 aliphatic carbocycles. The number of halogens is 1. The highest BCUT2D eigenvalue weighted by Crippen LogP contribution is 2.35. The predicted molar refractivity (Wildman–Crippen MR) is 69.5 cm³/mol.